The van der Waals surface area contributed by atoms with Gasteiger partial charge in [-0.2, -0.15) is 0 Å². The molecule has 0 spiro atoms. The molecule has 3 aromatic rings. The molecule has 0 saturated heterocycles. The summed E-state index contributed by atoms with van der Waals surface area (Å²) in [5.74, 6) is 0.298. The van der Waals surface area contributed by atoms with E-state index in [0.29, 0.717) is 27.2 Å². The number of nitrogens with zero attached hydrogens (tertiary/aromatic N) is 1. The Morgan fingerprint density at radius 1 is 0.892 bits per heavy atom. The molecule has 0 aromatic heterocycles. The molecule has 3 aromatic carbocycles. The largest absolute Gasteiger partial charge is 0.352 e. The van der Waals surface area contributed by atoms with Crippen LogP contribution in [0.5, 0.6) is 0 Å². The number of hydrogen-bond acceptors (Lipinski definition) is 3. The number of halogens is 3. The highest BCUT2D eigenvalue weighted by molar-refractivity contribution is 7.99. The molecule has 0 fully saturated rings. The van der Waals surface area contributed by atoms with Crippen LogP contribution >= 0.6 is 46.6 Å². The van der Waals surface area contributed by atoms with Gasteiger partial charge in [0, 0.05) is 39.8 Å². The van der Waals surface area contributed by atoms with Gasteiger partial charge in [0.05, 0.1) is 5.75 Å². The summed E-state index contributed by atoms with van der Waals surface area (Å²) in [5.41, 5.74) is 2.54. The summed E-state index contributed by atoms with van der Waals surface area (Å²) in [6.07, 6.45) is 1.18. The number of benzene rings is 3. The molecule has 0 radical (unpaired) electrons. The summed E-state index contributed by atoms with van der Waals surface area (Å²) in [7, 11) is 0. The highest BCUT2D eigenvalue weighted by Gasteiger charge is 2.31. The second kappa shape index (κ2) is 14.7. The molecule has 0 saturated carbocycles. The molecule has 8 heteroatoms. The lowest BCUT2D eigenvalue weighted by Crippen LogP contribution is -2.52. The SMILES string of the molecule is CC[C@H](C)NC(=O)[C@@H](Cc1ccccc1)N(Cc1ccccc1Cl)C(=O)CSCc1c(Cl)cccc1Cl. The average Bonchev–Trinajstić information content (AvgIpc) is 2.89. The van der Waals surface area contributed by atoms with Crippen LogP contribution in [0.3, 0.4) is 0 Å². The first kappa shape index (κ1) is 29.4. The van der Waals surface area contributed by atoms with E-state index in [1.165, 1.54) is 11.8 Å². The van der Waals surface area contributed by atoms with Crippen LogP contribution in [0.15, 0.2) is 72.8 Å². The Morgan fingerprint density at radius 2 is 1.51 bits per heavy atom. The van der Waals surface area contributed by atoms with Gasteiger partial charge >= 0.3 is 0 Å². The van der Waals surface area contributed by atoms with Crippen molar-refractivity contribution in [2.75, 3.05) is 5.75 Å². The fourth-order valence-corrected chi connectivity index (χ4v) is 5.64. The molecule has 37 heavy (non-hydrogen) atoms. The Hall–Kier alpha value is -2.18. The van der Waals surface area contributed by atoms with E-state index < -0.39 is 6.04 Å². The average molecular weight is 578 g/mol. The molecular weight excluding hydrogens is 547 g/mol. The van der Waals surface area contributed by atoms with Crippen LogP contribution in [-0.2, 0) is 28.3 Å². The van der Waals surface area contributed by atoms with Gasteiger partial charge in [-0.25, -0.2) is 0 Å². The first-order chi connectivity index (χ1) is 17.8. The lowest BCUT2D eigenvalue weighted by atomic mass is 10.0. The molecule has 0 aliphatic carbocycles. The number of hydrogen-bond donors (Lipinski definition) is 1. The molecule has 0 bridgehead atoms. The Labute approximate surface area is 238 Å². The van der Waals surface area contributed by atoms with Gasteiger partial charge in [0.25, 0.3) is 0 Å². The van der Waals surface area contributed by atoms with Crippen molar-refractivity contribution < 1.29 is 9.59 Å². The molecule has 0 unspecified atom stereocenters. The zero-order chi connectivity index (χ0) is 26.8. The standard InChI is InChI=1S/C29H31Cl3N2O2S/c1-3-20(2)33-29(36)27(16-21-10-5-4-6-11-21)34(17-22-12-7-8-13-24(22)30)28(35)19-37-18-23-25(31)14-9-15-26(23)32/h4-15,20,27H,3,16-19H2,1-2H3,(H,33,36)/t20-,27+/m0/s1. The number of carbonyl (C=O) groups excluding carboxylic acids is 2. The van der Waals surface area contributed by atoms with Crippen molar-refractivity contribution in [1.82, 2.24) is 10.2 Å². The lowest BCUT2D eigenvalue weighted by Gasteiger charge is -2.32. The van der Waals surface area contributed by atoms with Crippen molar-refractivity contribution >= 4 is 58.4 Å². The minimum atomic E-state index is -0.704. The summed E-state index contributed by atoms with van der Waals surface area (Å²) < 4.78 is 0. The van der Waals surface area contributed by atoms with Crippen LogP contribution in [0.25, 0.3) is 0 Å². The Morgan fingerprint density at radius 3 is 2.16 bits per heavy atom. The third-order valence-corrected chi connectivity index (χ3v) is 8.13. The van der Waals surface area contributed by atoms with Crippen LogP contribution < -0.4 is 5.32 Å². The first-order valence-electron chi connectivity index (χ1n) is 12.2. The van der Waals surface area contributed by atoms with Gasteiger partial charge in [0.15, 0.2) is 0 Å². The molecule has 0 aliphatic rings. The van der Waals surface area contributed by atoms with Crippen molar-refractivity contribution in [2.24, 2.45) is 0 Å². The fourth-order valence-electron chi connectivity index (χ4n) is 3.80. The van der Waals surface area contributed by atoms with Gasteiger partial charge in [-0.1, -0.05) is 96.3 Å². The summed E-state index contributed by atoms with van der Waals surface area (Å²) in [5, 5.41) is 4.76. The predicted octanol–water partition coefficient (Wildman–Crippen LogP) is 7.43. The fraction of sp³-hybridized carbons (Fsp3) is 0.310. The van der Waals surface area contributed by atoms with E-state index in [4.69, 9.17) is 34.8 Å². The first-order valence-corrected chi connectivity index (χ1v) is 14.5. The van der Waals surface area contributed by atoms with E-state index in [-0.39, 0.29) is 30.2 Å². The van der Waals surface area contributed by atoms with Crippen LogP contribution in [0.2, 0.25) is 15.1 Å². The highest BCUT2D eigenvalue weighted by atomic mass is 35.5. The monoisotopic (exact) mass is 576 g/mol. The molecule has 1 N–H and O–H groups in total. The maximum absolute atomic E-state index is 13.7. The highest BCUT2D eigenvalue weighted by Crippen LogP contribution is 2.29. The maximum Gasteiger partial charge on any atom is 0.243 e. The normalized spacial score (nSPS) is 12.6. The van der Waals surface area contributed by atoms with Gasteiger partial charge < -0.3 is 10.2 Å². The number of nitrogens with one attached hydrogen (secondary N) is 1. The Kier molecular flexibility index (Phi) is 11.7. The third kappa shape index (κ3) is 8.68. The predicted molar refractivity (Wildman–Crippen MR) is 156 cm³/mol. The minimum absolute atomic E-state index is 0.0141. The van der Waals surface area contributed by atoms with Crippen molar-refractivity contribution in [3.63, 3.8) is 0 Å². The molecular formula is C29H31Cl3N2O2S. The van der Waals surface area contributed by atoms with Crippen molar-refractivity contribution in [1.29, 1.82) is 0 Å². The summed E-state index contributed by atoms with van der Waals surface area (Å²) in [6, 6.07) is 21.8. The van der Waals surface area contributed by atoms with E-state index >= 15 is 0 Å². The molecule has 3 rings (SSSR count). The molecule has 4 nitrogen and oxygen atoms in total. The molecule has 2 atom stereocenters. The third-order valence-electron chi connectivity index (χ3n) is 6.10. The minimum Gasteiger partial charge on any atom is -0.352 e. The van der Waals surface area contributed by atoms with Crippen molar-refractivity contribution in [3.05, 3.63) is 105 Å². The summed E-state index contributed by atoms with van der Waals surface area (Å²) in [4.78, 5) is 28.9. The van der Waals surface area contributed by atoms with Gasteiger partial charge in [-0.05, 0) is 48.2 Å². The van der Waals surface area contributed by atoms with E-state index in [9.17, 15) is 9.59 Å². The molecule has 0 aliphatic heterocycles. The zero-order valence-corrected chi connectivity index (χ0v) is 24.0. The van der Waals surface area contributed by atoms with Crippen LogP contribution in [-0.4, -0.2) is 34.6 Å². The second-order valence-corrected chi connectivity index (χ2v) is 11.0. The van der Waals surface area contributed by atoms with Crippen LogP contribution in [0, 0.1) is 0 Å². The Balaban J connectivity index is 1.89. The van der Waals surface area contributed by atoms with E-state index in [1.54, 1.807) is 29.2 Å². The maximum atomic E-state index is 13.7. The number of carbonyl (C=O) groups is 2. The quantitative estimate of drug-likeness (QED) is 0.243. The van der Waals surface area contributed by atoms with E-state index in [1.807, 2.05) is 62.4 Å². The van der Waals surface area contributed by atoms with Gasteiger partial charge in [-0.3, -0.25) is 9.59 Å². The molecule has 196 valence electrons. The number of rotatable bonds is 12. The zero-order valence-electron chi connectivity index (χ0n) is 20.9. The van der Waals surface area contributed by atoms with Gasteiger partial charge in [-0.15, -0.1) is 11.8 Å². The number of amides is 2. The number of thioether (sulfide) groups is 1. The van der Waals surface area contributed by atoms with Gasteiger partial charge in [0.1, 0.15) is 6.04 Å². The van der Waals surface area contributed by atoms with Crippen LogP contribution in [0.4, 0.5) is 0 Å². The van der Waals surface area contributed by atoms with Crippen molar-refractivity contribution in [3.8, 4) is 0 Å². The smallest absolute Gasteiger partial charge is 0.243 e. The second-order valence-electron chi connectivity index (χ2n) is 8.83. The summed E-state index contributed by atoms with van der Waals surface area (Å²) in [6.45, 7) is 4.19. The summed E-state index contributed by atoms with van der Waals surface area (Å²) >= 11 is 20.5. The van der Waals surface area contributed by atoms with Gasteiger partial charge in [0.2, 0.25) is 11.8 Å². The van der Waals surface area contributed by atoms with Crippen LogP contribution in [0.1, 0.15) is 37.0 Å². The van der Waals surface area contributed by atoms with Crippen molar-refractivity contribution in [2.45, 2.75) is 51.1 Å². The molecule has 2 amide bonds. The molecule has 0 heterocycles. The topological polar surface area (TPSA) is 49.4 Å². The Bertz CT molecular complexity index is 1170. The lowest BCUT2D eigenvalue weighted by molar-refractivity contribution is -0.139. The van der Waals surface area contributed by atoms with E-state index in [2.05, 4.69) is 5.32 Å². The van der Waals surface area contributed by atoms with E-state index in [0.717, 1.165) is 23.1 Å².